The largest absolute Gasteiger partial charge is 0.497 e. The van der Waals surface area contributed by atoms with Crippen LogP contribution in [0.1, 0.15) is 35.7 Å². The Morgan fingerprint density at radius 1 is 1.00 bits per heavy atom. The lowest BCUT2D eigenvalue weighted by molar-refractivity contribution is -0.119. The fourth-order valence-electron chi connectivity index (χ4n) is 3.39. The van der Waals surface area contributed by atoms with E-state index in [0.717, 1.165) is 16.8 Å². The molecule has 3 aromatic carbocycles. The number of esters is 1. The summed E-state index contributed by atoms with van der Waals surface area (Å²) in [6.45, 7) is 3.84. The van der Waals surface area contributed by atoms with E-state index in [-0.39, 0.29) is 6.61 Å². The Morgan fingerprint density at radius 2 is 1.73 bits per heavy atom. The van der Waals surface area contributed by atoms with Crippen LogP contribution >= 0.6 is 0 Å². The molecule has 0 aliphatic carbocycles. The number of carbonyl (C=O) groups excluding carboxylic acids is 2. The van der Waals surface area contributed by atoms with Crippen LogP contribution in [0.4, 0.5) is 5.69 Å². The number of rotatable bonds is 7. The minimum Gasteiger partial charge on any atom is -0.497 e. The molecule has 0 saturated heterocycles. The third-order valence-corrected chi connectivity index (χ3v) is 5.28. The molecule has 0 spiro atoms. The van der Waals surface area contributed by atoms with Gasteiger partial charge in [0, 0.05) is 11.3 Å². The van der Waals surface area contributed by atoms with Gasteiger partial charge in [-0.15, -0.1) is 0 Å². The van der Waals surface area contributed by atoms with Crippen LogP contribution in [0.25, 0.3) is 22.4 Å². The van der Waals surface area contributed by atoms with Crippen LogP contribution in [0.15, 0.2) is 66.7 Å². The minimum atomic E-state index is -0.581. The van der Waals surface area contributed by atoms with Gasteiger partial charge in [0.2, 0.25) is 0 Å². The smallest absolute Gasteiger partial charge is 0.338 e. The van der Waals surface area contributed by atoms with Crippen LogP contribution in [0.5, 0.6) is 5.75 Å². The summed E-state index contributed by atoms with van der Waals surface area (Å²) in [5.41, 5.74) is 4.50. The first-order valence-corrected chi connectivity index (χ1v) is 10.6. The molecule has 168 valence electrons. The highest BCUT2D eigenvalue weighted by Crippen LogP contribution is 2.24. The molecule has 0 bridgehead atoms. The fraction of sp³-hybridized carbons (Fsp3) is 0.192. The highest BCUT2D eigenvalue weighted by atomic mass is 16.5. The second-order valence-electron chi connectivity index (χ2n) is 7.95. The molecule has 0 aliphatic heterocycles. The highest BCUT2D eigenvalue weighted by Gasteiger charge is 2.13. The average molecular weight is 444 g/mol. The molecule has 7 nitrogen and oxygen atoms in total. The van der Waals surface area contributed by atoms with E-state index in [1.165, 1.54) is 5.56 Å². The number of hydrogen-bond acceptors (Lipinski definition) is 5. The predicted octanol–water partition coefficient (Wildman–Crippen LogP) is 5.16. The Kier molecular flexibility index (Phi) is 6.40. The number of nitrogens with one attached hydrogen (secondary N) is 2. The Balaban J connectivity index is 1.38. The molecule has 0 fully saturated rings. The zero-order chi connectivity index (χ0) is 23.4. The first-order valence-electron chi connectivity index (χ1n) is 10.6. The van der Waals surface area contributed by atoms with Crippen LogP contribution in [-0.2, 0) is 9.53 Å². The van der Waals surface area contributed by atoms with Crippen molar-refractivity contribution in [3.05, 3.63) is 77.9 Å². The second-order valence-corrected chi connectivity index (χ2v) is 7.95. The quantitative estimate of drug-likeness (QED) is 0.385. The number of aromatic amines is 1. The Morgan fingerprint density at radius 3 is 2.39 bits per heavy atom. The molecule has 1 amide bonds. The van der Waals surface area contributed by atoms with Gasteiger partial charge >= 0.3 is 5.97 Å². The summed E-state index contributed by atoms with van der Waals surface area (Å²) >= 11 is 0. The normalized spacial score (nSPS) is 10.9. The van der Waals surface area contributed by atoms with Gasteiger partial charge in [-0.2, -0.15) is 0 Å². The van der Waals surface area contributed by atoms with Crippen molar-refractivity contribution in [2.24, 2.45) is 0 Å². The Hall–Kier alpha value is -4.13. The maximum atomic E-state index is 12.5. The summed E-state index contributed by atoms with van der Waals surface area (Å²) in [7, 11) is 1.62. The number of hydrogen-bond donors (Lipinski definition) is 2. The van der Waals surface area contributed by atoms with E-state index >= 15 is 0 Å². The Labute approximate surface area is 191 Å². The van der Waals surface area contributed by atoms with Gasteiger partial charge in [-0.05, 0) is 66.1 Å². The predicted molar refractivity (Wildman–Crippen MR) is 128 cm³/mol. The van der Waals surface area contributed by atoms with E-state index in [4.69, 9.17) is 9.47 Å². The third kappa shape index (κ3) is 5.20. The molecule has 4 rings (SSSR count). The van der Waals surface area contributed by atoms with Gasteiger partial charge in [-0.25, -0.2) is 9.78 Å². The molecule has 7 heteroatoms. The van der Waals surface area contributed by atoms with Crippen molar-refractivity contribution in [3.8, 4) is 17.1 Å². The van der Waals surface area contributed by atoms with E-state index < -0.39 is 11.9 Å². The number of anilines is 1. The zero-order valence-electron chi connectivity index (χ0n) is 18.7. The third-order valence-electron chi connectivity index (χ3n) is 5.28. The van der Waals surface area contributed by atoms with Gasteiger partial charge in [-0.1, -0.05) is 26.0 Å². The number of methoxy groups -OCH3 is 1. The molecule has 0 unspecified atom stereocenters. The number of carbonyl (C=O) groups is 2. The van der Waals surface area contributed by atoms with Crippen LogP contribution in [0.2, 0.25) is 0 Å². The molecule has 2 N–H and O–H groups in total. The van der Waals surface area contributed by atoms with E-state index in [2.05, 4.69) is 29.1 Å². The summed E-state index contributed by atoms with van der Waals surface area (Å²) in [5, 5.41) is 2.73. The standard InChI is InChI=1S/C26H25N3O4/c1-16(2)17-4-9-20(10-5-17)27-24(30)15-33-26(31)19-8-13-22-23(14-19)29-25(28-22)18-6-11-21(32-3)12-7-18/h4-14,16H,15H2,1-3H3,(H,27,30)(H,28,29). The van der Waals surface area contributed by atoms with Gasteiger partial charge in [-0.3, -0.25) is 4.79 Å². The Bertz CT molecular complexity index is 1280. The molecule has 1 heterocycles. The molecular formula is C26H25N3O4. The average Bonchev–Trinajstić information content (AvgIpc) is 3.26. The van der Waals surface area contributed by atoms with Gasteiger partial charge < -0.3 is 19.8 Å². The molecule has 0 atom stereocenters. The SMILES string of the molecule is COc1ccc(-c2nc3ccc(C(=O)OCC(=O)Nc4ccc(C(C)C)cc4)cc3[nH]2)cc1. The van der Waals surface area contributed by atoms with Gasteiger partial charge in [0.1, 0.15) is 11.6 Å². The molecule has 0 aliphatic rings. The number of amides is 1. The number of H-pyrrole nitrogens is 1. The lowest BCUT2D eigenvalue weighted by atomic mass is 10.0. The number of benzene rings is 3. The molecular weight excluding hydrogens is 418 g/mol. The lowest BCUT2D eigenvalue weighted by Gasteiger charge is -2.09. The number of ether oxygens (including phenoxy) is 2. The summed E-state index contributed by atoms with van der Waals surface area (Å²) in [6.07, 6.45) is 0. The van der Waals surface area contributed by atoms with Crippen LogP contribution in [0, 0.1) is 0 Å². The maximum absolute atomic E-state index is 12.5. The van der Waals surface area contributed by atoms with E-state index in [0.29, 0.717) is 28.5 Å². The number of imidazole rings is 1. The second kappa shape index (κ2) is 9.56. The van der Waals surface area contributed by atoms with Crippen molar-refractivity contribution < 1.29 is 19.1 Å². The minimum absolute atomic E-state index is 0.335. The van der Waals surface area contributed by atoms with Crippen molar-refractivity contribution in [2.75, 3.05) is 19.0 Å². The fourth-order valence-corrected chi connectivity index (χ4v) is 3.39. The monoisotopic (exact) mass is 443 g/mol. The van der Waals surface area contributed by atoms with E-state index in [1.54, 1.807) is 25.3 Å². The first-order chi connectivity index (χ1) is 15.9. The van der Waals surface area contributed by atoms with Gasteiger partial charge in [0.25, 0.3) is 5.91 Å². The van der Waals surface area contributed by atoms with Crippen LogP contribution in [-0.4, -0.2) is 35.6 Å². The topological polar surface area (TPSA) is 93.3 Å². The van der Waals surface area contributed by atoms with Crippen molar-refractivity contribution >= 4 is 28.6 Å². The van der Waals surface area contributed by atoms with Crippen LogP contribution < -0.4 is 10.1 Å². The molecule has 0 radical (unpaired) electrons. The van der Waals surface area contributed by atoms with Gasteiger partial charge in [0.15, 0.2) is 6.61 Å². The summed E-state index contributed by atoms with van der Waals surface area (Å²) in [6, 6.07) is 20.2. The van der Waals surface area contributed by atoms with Crippen molar-refractivity contribution in [1.29, 1.82) is 0 Å². The van der Waals surface area contributed by atoms with Crippen molar-refractivity contribution in [2.45, 2.75) is 19.8 Å². The molecule has 33 heavy (non-hydrogen) atoms. The number of nitrogens with zero attached hydrogens (tertiary/aromatic N) is 1. The first kappa shape index (κ1) is 22.1. The number of aromatic nitrogens is 2. The lowest BCUT2D eigenvalue weighted by Crippen LogP contribution is -2.20. The summed E-state index contributed by atoms with van der Waals surface area (Å²) in [4.78, 5) is 32.4. The number of fused-ring (bicyclic) bond motifs is 1. The van der Waals surface area contributed by atoms with Crippen molar-refractivity contribution in [3.63, 3.8) is 0 Å². The van der Waals surface area contributed by atoms with Gasteiger partial charge in [0.05, 0.1) is 23.7 Å². The van der Waals surface area contributed by atoms with Crippen LogP contribution in [0.3, 0.4) is 0 Å². The molecule has 0 saturated carbocycles. The van der Waals surface area contributed by atoms with Crippen molar-refractivity contribution in [1.82, 2.24) is 9.97 Å². The highest BCUT2D eigenvalue weighted by molar-refractivity contribution is 5.97. The van der Waals surface area contributed by atoms with E-state index in [9.17, 15) is 9.59 Å². The summed E-state index contributed by atoms with van der Waals surface area (Å²) < 4.78 is 10.4. The van der Waals surface area contributed by atoms with E-state index in [1.807, 2.05) is 48.5 Å². The zero-order valence-corrected chi connectivity index (χ0v) is 18.7. The molecule has 4 aromatic rings. The maximum Gasteiger partial charge on any atom is 0.338 e. The summed E-state index contributed by atoms with van der Waals surface area (Å²) in [5.74, 6) is 0.876. The molecule has 1 aromatic heterocycles.